The summed E-state index contributed by atoms with van der Waals surface area (Å²) in [7, 11) is 0. The van der Waals surface area contributed by atoms with E-state index in [0.29, 0.717) is 72.9 Å². The van der Waals surface area contributed by atoms with E-state index in [2.05, 4.69) is 33.6 Å². The molecule has 0 atom stereocenters. The second-order valence-corrected chi connectivity index (χ2v) is 15.0. The predicted molar refractivity (Wildman–Crippen MR) is 242 cm³/mol. The summed E-state index contributed by atoms with van der Waals surface area (Å²) in [5.41, 5.74) is 1.06. The first-order valence-electron chi connectivity index (χ1n) is 22.1. The Hall–Kier alpha value is -5.84. The molecule has 11 nitrogen and oxygen atoms in total. The molecule has 1 saturated carbocycles. The van der Waals surface area contributed by atoms with Crippen molar-refractivity contribution >= 4 is 29.6 Å². The van der Waals surface area contributed by atoms with Crippen molar-refractivity contribution in [3.63, 3.8) is 0 Å². The molecule has 0 aliphatic heterocycles. The highest BCUT2D eigenvalue weighted by Gasteiger charge is 2.20. The molecule has 11 heteroatoms. The van der Waals surface area contributed by atoms with Crippen LogP contribution >= 0.6 is 0 Å². The van der Waals surface area contributed by atoms with Crippen LogP contribution in [0.3, 0.4) is 0 Å². The van der Waals surface area contributed by atoms with E-state index in [9.17, 15) is 19.2 Å². The summed E-state index contributed by atoms with van der Waals surface area (Å²) in [4.78, 5) is 48.7. The molecule has 0 unspecified atom stereocenters. The molecule has 3 aromatic rings. The Morgan fingerprint density at radius 3 is 1.48 bits per heavy atom. The van der Waals surface area contributed by atoms with Gasteiger partial charge < -0.3 is 33.2 Å². The first-order chi connectivity index (χ1) is 30.2. The summed E-state index contributed by atoms with van der Waals surface area (Å²) < 4.78 is 39.3. The molecule has 0 saturated heterocycles. The number of hydrogen-bond donors (Lipinski definition) is 0. The normalized spacial score (nSPS) is 12.1. The number of ether oxygens (including phenoxy) is 7. The lowest BCUT2D eigenvalue weighted by molar-refractivity contribution is -0.138. The number of hydrogen-bond acceptors (Lipinski definition) is 11. The maximum Gasteiger partial charge on any atom is 0.343 e. The lowest BCUT2D eigenvalue weighted by Gasteiger charge is -2.23. The lowest BCUT2D eigenvalue weighted by Crippen LogP contribution is -2.14. The fourth-order valence-electron chi connectivity index (χ4n) is 6.19. The van der Waals surface area contributed by atoms with E-state index in [4.69, 9.17) is 33.2 Å². The van der Waals surface area contributed by atoms with Gasteiger partial charge in [-0.25, -0.2) is 19.2 Å². The topological polar surface area (TPSA) is 133 Å². The zero-order valence-corrected chi connectivity index (χ0v) is 36.8. The molecule has 4 rings (SSSR count). The maximum absolute atomic E-state index is 13.3. The van der Waals surface area contributed by atoms with Crippen LogP contribution in [-0.2, 0) is 23.8 Å². The van der Waals surface area contributed by atoms with Gasteiger partial charge in [0.2, 0.25) is 0 Å². The van der Waals surface area contributed by atoms with Gasteiger partial charge in [0.05, 0.1) is 49.7 Å². The van der Waals surface area contributed by atoms with Crippen molar-refractivity contribution < 1.29 is 52.3 Å². The second-order valence-electron chi connectivity index (χ2n) is 15.0. The first kappa shape index (κ1) is 50.5. The average molecular weight is 855 g/mol. The van der Waals surface area contributed by atoms with Crippen LogP contribution < -0.4 is 18.9 Å². The van der Waals surface area contributed by atoms with Crippen molar-refractivity contribution in [1.82, 2.24) is 0 Å². The van der Waals surface area contributed by atoms with Crippen molar-refractivity contribution in [3.8, 4) is 23.0 Å². The summed E-state index contributed by atoms with van der Waals surface area (Å²) in [5.74, 6) is 0.472. The highest BCUT2D eigenvalue weighted by atomic mass is 16.5. The van der Waals surface area contributed by atoms with Crippen LogP contribution in [0.5, 0.6) is 23.0 Å². The number of benzene rings is 3. The van der Waals surface area contributed by atoms with Crippen LogP contribution in [0, 0.1) is 5.92 Å². The average Bonchev–Trinajstić information content (AvgIpc) is 3.30. The third kappa shape index (κ3) is 20.1. The number of carbonyl (C=O) groups excluding carboxylic acids is 4. The third-order valence-corrected chi connectivity index (χ3v) is 10.00. The van der Waals surface area contributed by atoms with Gasteiger partial charge in [0.1, 0.15) is 28.8 Å². The highest BCUT2D eigenvalue weighted by molar-refractivity contribution is 5.93. The SMILES string of the molecule is C=CC(=O)OCCCCCCOc1ccc(C(=O)Oc2ccc(OC(=O)c3ccc(OCCCCCCOC(=O)C=C)cc3)c(C(=C)OCC3CCCCC3)c2)cc1.CCCC. The van der Waals surface area contributed by atoms with Gasteiger partial charge in [0.25, 0.3) is 0 Å². The van der Waals surface area contributed by atoms with Gasteiger partial charge in [0, 0.05) is 12.2 Å². The second kappa shape index (κ2) is 30.2. The molecule has 0 bridgehead atoms. The van der Waals surface area contributed by atoms with Crippen LogP contribution in [0.1, 0.15) is 136 Å². The van der Waals surface area contributed by atoms with Crippen molar-refractivity contribution in [3.05, 3.63) is 115 Å². The Balaban J connectivity index is 0.00000245. The Labute approximate surface area is 368 Å². The van der Waals surface area contributed by atoms with Crippen LogP contribution in [-0.4, -0.2) is 56.9 Å². The first-order valence-corrected chi connectivity index (χ1v) is 22.1. The molecule has 0 radical (unpaired) electrons. The molecule has 0 aromatic heterocycles. The minimum Gasteiger partial charge on any atom is -0.494 e. The summed E-state index contributed by atoms with van der Waals surface area (Å²) in [5, 5.41) is 0. The van der Waals surface area contributed by atoms with Gasteiger partial charge in [-0.05, 0) is 137 Å². The van der Waals surface area contributed by atoms with Gasteiger partial charge in [-0.3, -0.25) is 0 Å². The van der Waals surface area contributed by atoms with E-state index in [1.807, 2.05) is 0 Å². The fraction of sp³-hybridized carbons (Fsp3) is 0.451. The Bertz CT molecular complexity index is 1820. The predicted octanol–water partition coefficient (Wildman–Crippen LogP) is 11.8. The van der Waals surface area contributed by atoms with Gasteiger partial charge in [-0.15, -0.1) is 0 Å². The number of esters is 4. The summed E-state index contributed by atoms with van der Waals surface area (Å²) in [6, 6.07) is 18.1. The molecule has 0 heterocycles. The molecule has 336 valence electrons. The molecule has 1 aliphatic carbocycles. The number of unbranched alkanes of at least 4 members (excludes halogenated alkanes) is 7. The minimum atomic E-state index is -0.580. The van der Waals surface area contributed by atoms with Gasteiger partial charge in [0.15, 0.2) is 0 Å². The minimum absolute atomic E-state index is 0.218. The third-order valence-electron chi connectivity index (χ3n) is 10.00. The van der Waals surface area contributed by atoms with Gasteiger partial charge in [-0.2, -0.15) is 0 Å². The van der Waals surface area contributed by atoms with E-state index in [-0.39, 0.29) is 11.5 Å². The molecular weight excluding hydrogens is 789 g/mol. The van der Waals surface area contributed by atoms with E-state index < -0.39 is 23.9 Å². The molecule has 1 fully saturated rings. The molecule has 62 heavy (non-hydrogen) atoms. The van der Waals surface area contributed by atoms with E-state index in [0.717, 1.165) is 76.4 Å². The zero-order chi connectivity index (χ0) is 44.8. The van der Waals surface area contributed by atoms with Crippen molar-refractivity contribution in [2.75, 3.05) is 33.0 Å². The van der Waals surface area contributed by atoms with E-state index in [1.165, 1.54) is 32.1 Å². The summed E-state index contributed by atoms with van der Waals surface area (Å²) in [6.45, 7) is 17.5. The van der Waals surface area contributed by atoms with Crippen molar-refractivity contribution in [2.45, 2.75) is 110 Å². The van der Waals surface area contributed by atoms with Crippen LogP contribution in [0.15, 0.2) is 98.6 Å². The monoisotopic (exact) mass is 854 g/mol. The van der Waals surface area contributed by atoms with Gasteiger partial charge in [-0.1, -0.05) is 65.7 Å². The molecular formula is C51H66O11. The van der Waals surface area contributed by atoms with Crippen molar-refractivity contribution in [2.24, 2.45) is 5.92 Å². The summed E-state index contributed by atoms with van der Waals surface area (Å²) in [6.07, 6.45) is 17.6. The largest absolute Gasteiger partial charge is 0.494 e. The molecule has 0 amide bonds. The number of carbonyl (C=O) groups is 4. The highest BCUT2D eigenvalue weighted by Crippen LogP contribution is 2.33. The Morgan fingerprint density at radius 1 is 0.565 bits per heavy atom. The smallest absolute Gasteiger partial charge is 0.343 e. The van der Waals surface area contributed by atoms with E-state index in [1.54, 1.807) is 66.7 Å². The zero-order valence-electron chi connectivity index (χ0n) is 36.8. The van der Waals surface area contributed by atoms with Crippen LogP contribution in [0.4, 0.5) is 0 Å². The van der Waals surface area contributed by atoms with Crippen LogP contribution in [0.2, 0.25) is 0 Å². The molecule has 1 aliphatic rings. The quantitative estimate of drug-likeness (QED) is 0.0238. The fourth-order valence-corrected chi connectivity index (χ4v) is 6.19. The molecule has 0 N–H and O–H groups in total. The van der Waals surface area contributed by atoms with Crippen LogP contribution in [0.25, 0.3) is 5.76 Å². The van der Waals surface area contributed by atoms with E-state index >= 15 is 0 Å². The molecule has 3 aromatic carbocycles. The number of rotatable bonds is 27. The lowest BCUT2D eigenvalue weighted by atomic mass is 9.90. The maximum atomic E-state index is 13.3. The Morgan fingerprint density at radius 2 is 1.02 bits per heavy atom. The summed E-state index contributed by atoms with van der Waals surface area (Å²) >= 11 is 0. The van der Waals surface area contributed by atoms with Crippen molar-refractivity contribution in [1.29, 1.82) is 0 Å². The van der Waals surface area contributed by atoms with Gasteiger partial charge >= 0.3 is 23.9 Å². The standard InChI is InChI=1S/C47H56O11.C4H10/c1-4-44(48)54-31-15-8-6-13-29-52-39-23-19-37(20-24-39)46(50)57-41-27-28-43(42(33-41)35(3)56-34-36-17-11-10-12-18-36)58-47(51)38-21-25-40(26-22-38)53-30-14-7-9-16-32-55-45(49)5-2;1-3-4-2/h4-5,19-28,33,36H,1-3,6-18,29-32,34H2;3-4H2,1-2H3. The Kier molecular flexibility index (Phi) is 24.6. The molecule has 0 spiro atoms.